The molecule has 0 aliphatic rings. The lowest BCUT2D eigenvalue weighted by Gasteiger charge is -2.14. The maximum atomic E-state index is 11.5. The Morgan fingerprint density at radius 1 is 1.50 bits per heavy atom. The largest absolute Gasteiger partial charge is 0.481 e. The first-order chi connectivity index (χ1) is 9.61. The highest BCUT2D eigenvalue weighted by atomic mass is 16.5. The molecule has 1 aromatic heterocycles. The number of imidazole rings is 1. The highest BCUT2D eigenvalue weighted by Gasteiger charge is 2.13. The maximum absolute atomic E-state index is 11.5. The average molecular weight is 284 g/mol. The van der Waals surface area contributed by atoms with Gasteiger partial charge in [-0.1, -0.05) is 0 Å². The molecule has 1 rings (SSSR count). The van der Waals surface area contributed by atoms with Crippen LogP contribution in [0.25, 0.3) is 0 Å². The Kier molecular flexibility index (Phi) is 7.12. The van der Waals surface area contributed by atoms with E-state index in [2.05, 4.69) is 20.6 Å². The zero-order valence-electron chi connectivity index (χ0n) is 11.4. The van der Waals surface area contributed by atoms with Gasteiger partial charge in [0.15, 0.2) is 0 Å². The third kappa shape index (κ3) is 6.74. The first-order valence-corrected chi connectivity index (χ1v) is 6.36. The highest BCUT2D eigenvalue weighted by molar-refractivity contribution is 5.74. The summed E-state index contributed by atoms with van der Waals surface area (Å²) < 4.78 is 4.95. The number of nitrogens with zero attached hydrogens (tertiary/aromatic N) is 1. The minimum absolute atomic E-state index is 0.144. The lowest BCUT2D eigenvalue weighted by molar-refractivity contribution is -0.139. The number of aryl methyl sites for hydroxylation is 1. The van der Waals surface area contributed by atoms with Crippen molar-refractivity contribution in [2.45, 2.75) is 25.4 Å². The van der Waals surface area contributed by atoms with Gasteiger partial charge in [-0.05, 0) is 6.42 Å². The van der Waals surface area contributed by atoms with E-state index in [0.717, 1.165) is 18.7 Å². The highest BCUT2D eigenvalue weighted by Crippen LogP contribution is 1.95. The standard InChI is InChI=1S/C12H20N4O4/c1-20-9(7-11(17)18)8-16-12(19)15-4-2-3-10-13-5-6-14-10/h5-6,9H,2-4,7-8H2,1H3,(H,13,14)(H,17,18)(H2,15,16,19). The van der Waals surface area contributed by atoms with Gasteiger partial charge >= 0.3 is 12.0 Å². The van der Waals surface area contributed by atoms with Gasteiger partial charge in [-0.3, -0.25) is 4.79 Å². The number of nitrogens with one attached hydrogen (secondary N) is 3. The first kappa shape index (κ1) is 16.0. The van der Waals surface area contributed by atoms with E-state index in [9.17, 15) is 9.59 Å². The number of ether oxygens (including phenoxy) is 1. The topological polar surface area (TPSA) is 116 Å². The van der Waals surface area contributed by atoms with Crippen LogP contribution in [-0.2, 0) is 16.0 Å². The second-order valence-corrected chi connectivity index (χ2v) is 4.23. The normalized spacial score (nSPS) is 11.8. The molecule has 1 atom stereocenters. The SMILES string of the molecule is COC(CNC(=O)NCCCc1ncc[nH]1)CC(=O)O. The minimum atomic E-state index is -0.961. The third-order valence-corrected chi connectivity index (χ3v) is 2.66. The number of urea groups is 1. The van der Waals surface area contributed by atoms with Crippen LogP contribution in [0.15, 0.2) is 12.4 Å². The number of H-pyrrole nitrogens is 1. The fourth-order valence-electron chi connectivity index (χ4n) is 1.60. The molecule has 4 N–H and O–H groups in total. The van der Waals surface area contributed by atoms with Crippen LogP contribution in [0.3, 0.4) is 0 Å². The van der Waals surface area contributed by atoms with Crippen LogP contribution in [0.4, 0.5) is 4.79 Å². The van der Waals surface area contributed by atoms with Crippen molar-refractivity contribution < 1.29 is 19.4 Å². The molecule has 20 heavy (non-hydrogen) atoms. The van der Waals surface area contributed by atoms with Gasteiger partial charge in [0, 0.05) is 39.0 Å². The Morgan fingerprint density at radius 2 is 2.30 bits per heavy atom. The molecule has 1 aromatic rings. The Balaban J connectivity index is 2.08. The van der Waals surface area contributed by atoms with Gasteiger partial charge in [0.05, 0.1) is 12.5 Å². The van der Waals surface area contributed by atoms with E-state index >= 15 is 0 Å². The number of carbonyl (C=O) groups is 2. The van der Waals surface area contributed by atoms with Crippen molar-refractivity contribution in [1.29, 1.82) is 0 Å². The first-order valence-electron chi connectivity index (χ1n) is 6.36. The number of carbonyl (C=O) groups excluding carboxylic acids is 1. The summed E-state index contributed by atoms with van der Waals surface area (Å²) >= 11 is 0. The molecule has 1 heterocycles. The van der Waals surface area contributed by atoms with E-state index in [-0.39, 0.29) is 19.0 Å². The van der Waals surface area contributed by atoms with Crippen LogP contribution in [0, 0.1) is 0 Å². The predicted octanol–water partition coefficient (Wildman–Crippen LogP) is 0.131. The molecule has 0 bridgehead atoms. The van der Waals surface area contributed by atoms with Crippen molar-refractivity contribution in [3.05, 3.63) is 18.2 Å². The van der Waals surface area contributed by atoms with Crippen molar-refractivity contribution in [3.63, 3.8) is 0 Å². The van der Waals surface area contributed by atoms with Gasteiger partial charge in [0.2, 0.25) is 0 Å². The van der Waals surface area contributed by atoms with Crippen molar-refractivity contribution in [1.82, 2.24) is 20.6 Å². The number of hydrogen-bond donors (Lipinski definition) is 4. The molecule has 0 fully saturated rings. The molecule has 8 heteroatoms. The van der Waals surface area contributed by atoms with Crippen LogP contribution < -0.4 is 10.6 Å². The monoisotopic (exact) mass is 284 g/mol. The van der Waals surface area contributed by atoms with Crippen molar-refractivity contribution in [2.24, 2.45) is 0 Å². The molecule has 0 aliphatic carbocycles. The van der Waals surface area contributed by atoms with Crippen LogP contribution in [0.5, 0.6) is 0 Å². The van der Waals surface area contributed by atoms with Crippen LogP contribution >= 0.6 is 0 Å². The molecular formula is C12H20N4O4. The lowest BCUT2D eigenvalue weighted by atomic mass is 10.2. The second-order valence-electron chi connectivity index (χ2n) is 4.23. The van der Waals surface area contributed by atoms with Crippen LogP contribution in [0.2, 0.25) is 0 Å². The summed E-state index contributed by atoms with van der Waals surface area (Å²) in [4.78, 5) is 29.0. The van der Waals surface area contributed by atoms with Crippen molar-refractivity contribution in [2.75, 3.05) is 20.2 Å². The summed E-state index contributed by atoms with van der Waals surface area (Å²) in [6.45, 7) is 0.677. The number of carboxylic acids is 1. The van der Waals surface area contributed by atoms with E-state index in [1.54, 1.807) is 12.4 Å². The fourth-order valence-corrected chi connectivity index (χ4v) is 1.60. The van der Waals surface area contributed by atoms with Gasteiger partial charge in [0.25, 0.3) is 0 Å². The Labute approximate surface area is 116 Å². The zero-order chi connectivity index (χ0) is 14.8. The molecule has 112 valence electrons. The van der Waals surface area contributed by atoms with Gasteiger partial charge < -0.3 is 25.5 Å². The summed E-state index contributed by atoms with van der Waals surface area (Å²) in [6, 6.07) is -0.336. The summed E-state index contributed by atoms with van der Waals surface area (Å²) in [5.41, 5.74) is 0. The van der Waals surface area contributed by atoms with Gasteiger partial charge in [0.1, 0.15) is 5.82 Å². The van der Waals surface area contributed by atoms with E-state index in [1.165, 1.54) is 7.11 Å². The number of aromatic nitrogens is 2. The minimum Gasteiger partial charge on any atom is -0.481 e. The van der Waals surface area contributed by atoms with Crippen LogP contribution in [-0.4, -0.2) is 53.4 Å². The molecular weight excluding hydrogens is 264 g/mol. The molecule has 8 nitrogen and oxygen atoms in total. The summed E-state index contributed by atoms with van der Waals surface area (Å²) in [7, 11) is 1.41. The summed E-state index contributed by atoms with van der Waals surface area (Å²) in [5, 5.41) is 13.9. The average Bonchev–Trinajstić information content (AvgIpc) is 2.92. The molecule has 0 aromatic carbocycles. The summed E-state index contributed by atoms with van der Waals surface area (Å²) in [5.74, 6) is -0.0781. The second kappa shape index (κ2) is 8.92. The van der Waals surface area contributed by atoms with Gasteiger partial charge in [-0.25, -0.2) is 9.78 Å². The Morgan fingerprint density at radius 3 is 2.90 bits per heavy atom. The molecule has 0 aliphatic heterocycles. The molecule has 2 amide bonds. The number of amides is 2. The summed E-state index contributed by atoms with van der Waals surface area (Å²) in [6.07, 6.45) is 4.29. The van der Waals surface area contributed by atoms with Gasteiger partial charge in [-0.15, -0.1) is 0 Å². The molecule has 0 spiro atoms. The number of methoxy groups -OCH3 is 1. The van der Waals surface area contributed by atoms with Gasteiger partial charge in [-0.2, -0.15) is 0 Å². The zero-order valence-corrected chi connectivity index (χ0v) is 11.4. The number of rotatable bonds is 9. The molecule has 0 radical (unpaired) electrons. The Hall–Kier alpha value is -2.09. The fraction of sp³-hybridized carbons (Fsp3) is 0.583. The molecule has 0 saturated carbocycles. The molecule has 0 saturated heterocycles. The van der Waals surface area contributed by atoms with E-state index in [4.69, 9.17) is 9.84 Å². The Bertz CT molecular complexity index is 408. The number of aliphatic carboxylic acids is 1. The maximum Gasteiger partial charge on any atom is 0.314 e. The predicted molar refractivity (Wildman–Crippen MR) is 71.4 cm³/mol. The third-order valence-electron chi connectivity index (χ3n) is 2.66. The number of aromatic amines is 1. The smallest absolute Gasteiger partial charge is 0.314 e. The van der Waals surface area contributed by atoms with E-state index in [0.29, 0.717) is 6.54 Å². The van der Waals surface area contributed by atoms with E-state index < -0.39 is 12.1 Å². The van der Waals surface area contributed by atoms with E-state index in [1.807, 2.05) is 0 Å². The van der Waals surface area contributed by atoms with Crippen molar-refractivity contribution in [3.8, 4) is 0 Å². The van der Waals surface area contributed by atoms with Crippen LogP contribution in [0.1, 0.15) is 18.7 Å². The van der Waals surface area contributed by atoms with Crippen molar-refractivity contribution >= 4 is 12.0 Å². The molecule has 1 unspecified atom stereocenters. The number of hydrogen-bond acceptors (Lipinski definition) is 4. The quantitative estimate of drug-likeness (QED) is 0.481. The number of carboxylic acid groups (broad SMARTS) is 1. The lowest BCUT2D eigenvalue weighted by Crippen LogP contribution is -2.41.